The number of hydrogen-bond donors (Lipinski definition) is 3. The maximum Gasteiger partial charge on any atom is 0.335 e. The SMILES string of the molecule is O=C(NCC1COCCO1)Nc1cc(Br)cc(C(=O)O)c1. The van der Waals surface area contributed by atoms with Crippen LogP contribution in [0.4, 0.5) is 10.5 Å². The van der Waals surface area contributed by atoms with E-state index in [1.165, 1.54) is 12.1 Å². The molecule has 1 aromatic carbocycles. The smallest absolute Gasteiger partial charge is 0.335 e. The van der Waals surface area contributed by atoms with Crippen molar-refractivity contribution in [2.45, 2.75) is 6.10 Å². The number of benzene rings is 1. The normalized spacial score (nSPS) is 18.0. The van der Waals surface area contributed by atoms with Crippen LogP contribution in [0.1, 0.15) is 10.4 Å². The molecule has 1 aromatic rings. The largest absolute Gasteiger partial charge is 0.478 e. The molecular weight excluding hydrogens is 344 g/mol. The van der Waals surface area contributed by atoms with Crippen molar-refractivity contribution < 1.29 is 24.2 Å². The summed E-state index contributed by atoms with van der Waals surface area (Å²) >= 11 is 3.20. The number of carboxylic acids is 1. The number of halogens is 1. The summed E-state index contributed by atoms with van der Waals surface area (Å²) in [6.45, 7) is 1.85. The monoisotopic (exact) mass is 358 g/mol. The van der Waals surface area contributed by atoms with Gasteiger partial charge in [0.2, 0.25) is 0 Å². The van der Waals surface area contributed by atoms with E-state index in [0.29, 0.717) is 36.5 Å². The lowest BCUT2D eigenvalue weighted by atomic mass is 10.2. The molecule has 0 radical (unpaired) electrons. The van der Waals surface area contributed by atoms with E-state index < -0.39 is 12.0 Å². The first-order valence-electron chi connectivity index (χ1n) is 6.32. The van der Waals surface area contributed by atoms with Gasteiger partial charge in [0, 0.05) is 16.7 Å². The van der Waals surface area contributed by atoms with Crippen LogP contribution >= 0.6 is 15.9 Å². The number of anilines is 1. The summed E-state index contributed by atoms with van der Waals surface area (Å²) in [6.07, 6.45) is -0.165. The van der Waals surface area contributed by atoms with E-state index in [1.807, 2.05) is 0 Å². The second-order valence-corrected chi connectivity index (χ2v) is 5.35. The van der Waals surface area contributed by atoms with Gasteiger partial charge in [-0.2, -0.15) is 0 Å². The maximum atomic E-state index is 11.8. The van der Waals surface area contributed by atoms with E-state index in [0.717, 1.165) is 0 Å². The minimum Gasteiger partial charge on any atom is -0.478 e. The Kier molecular flexibility index (Phi) is 5.54. The third-order valence-electron chi connectivity index (χ3n) is 2.78. The molecule has 0 aliphatic carbocycles. The summed E-state index contributed by atoms with van der Waals surface area (Å²) in [5.74, 6) is -1.06. The van der Waals surface area contributed by atoms with Crippen LogP contribution in [0, 0.1) is 0 Å². The Morgan fingerprint density at radius 2 is 2.14 bits per heavy atom. The van der Waals surface area contributed by atoms with Gasteiger partial charge in [0.1, 0.15) is 0 Å². The lowest BCUT2D eigenvalue weighted by Crippen LogP contribution is -2.41. The highest BCUT2D eigenvalue weighted by molar-refractivity contribution is 9.10. The number of carbonyl (C=O) groups is 2. The molecule has 1 aliphatic heterocycles. The van der Waals surface area contributed by atoms with Crippen LogP contribution in [0.3, 0.4) is 0 Å². The Morgan fingerprint density at radius 3 is 2.81 bits per heavy atom. The number of aromatic carboxylic acids is 1. The Balaban J connectivity index is 1.88. The summed E-state index contributed by atoms with van der Waals surface area (Å²) < 4.78 is 11.2. The summed E-state index contributed by atoms with van der Waals surface area (Å²) in [7, 11) is 0. The second kappa shape index (κ2) is 7.39. The first kappa shape index (κ1) is 15.7. The number of carboxylic acid groups (broad SMARTS) is 1. The average Bonchev–Trinajstić information content (AvgIpc) is 2.45. The number of hydrogen-bond acceptors (Lipinski definition) is 4. The quantitative estimate of drug-likeness (QED) is 0.760. The third-order valence-corrected chi connectivity index (χ3v) is 3.24. The molecule has 8 heteroatoms. The lowest BCUT2D eigenvalue weighted by molar-refractivity contribution is -0.0852. The van der Waals surface area contributed by atoms with Gasteiger partial charge in [0.25, 0.3) is 0 Å². The Labute approximate surface area is 129 Å². The summed E-state index contributed by atoms with van der Waals surface area (Å²) in [6, 6.07) is 4.02. The van der Waals surface area contributed by atoms with Crippen LogP contribution in [0.5, 0.6) is 0 Å². The van der Waals surface area contributed by atoms with Crippen LogP contribution in [0.25, 0.3) is 0 Å². The number of urea groups is 1. The van der Waals surface area contributed by atoms with Crippen molar-refractivity contribution in [3.63, 3.8) is 0 Å². The molecule has 0 saturated carbocycles. The fourth-order valence-corrected chi connectivity index (χ4v) is 2.31. The highest BCUT2D eigenvalue weighted by Gasteiger charge is 2.15. The minimum absolute atomic E-state index is 0.0867. The highest BCUT2D eigenvalue weighted by Crippen LogP contribution is 2.19. The molecule has 1 saturated heterocycles. The van der Waals surface area contributed by atoms with Crippen molar-refractivity contribution in [3.05, 3.63) is 28.2 Å². The van der Waals surface area contributed by atoms with Gasteiger partial charge < -0.3 is 25.2 Å². The molecule has 0 bridgehead atoms. The van der Waals surface area contributed by atoms with Gasteiger partial charge in [0.15, 0.2) is 0 Å². The molecule has 2 rings (SSSR count). The van der Waals surface area contributed by atoms with E-state index in [4.69, 9.17) is 14.6 Å². The average molecular weight is 359 g/mol. The molecule has 0 aromatic heterocycles. The highest BCUT2D eigenvalue weighted by atomic mass is 79.9. The Bertz CT molecular complexity index is 531. The fraction of sp³-hybridized carbons (Fsp3) is 0.385. The van der Waals surface area contributed by atoms with E-state index in [9.17, 15) is 9.59 Å². The summed E-state index contributed by atoms with van der Waals surface area (Å²) in [5.41, 5.74) is 0.476. The summed E-state index contributed by atoms with van der Waals surface area (Å²) in [4.78, 5) is 22.7. The molecule has 1 aliphatic rings. The van der Waals surface area contributed by atoms with Crippen LogP contribution in [0.15, 0.2) is 22.7 Å². The molecule has 3 N–H and O–H groups in total. The van der Waals surface area contributed by atoms with Gasteiger partial charge in [0.05, 0.1) is 31.5 Å². The van der Waals surface area contributed by atoms with E-state index >= 15 is 0 Å². The van der Waals surface area contributed by atoms with Crippen LogP contribution in [-0.2, 0) is 9.47 Å². The van der Waals surface area contributed by atoms with Crippen LogP contribution in [-0.4, -0.2) is 49.6 Å². The van der Waals surface area contributed by atoms with E-state index in [-0.39, 0.29) is 11.7 Å². The number of amides is 2. The standard InChI is InChI=1S/C13H15BrN2O5/c14-9-3-8(12(17)18)4-10(5-9)16-13(19)15-6-11-7-20-1-2-21-11/h3-5,11H,1-2,6-7H2,(H,17,18)(H2,15,16,19). The zero-order valence-electron chi connectivity index (χ0n) is 11.1. The van der Waals surface area contributed by atoms with Gasteiger partial charge >= 0.3 is 12.0 Å². The predicted octanol–water partition coefficient (Wildman–Crippen LogP) is 1.68. The van der Waals surface area contributed by atoms with Gasteiger partial charge in [-0.1, -0.05) is 15.9 Å². The second-order valence-electron chi connectivity index (χ2n) is 4.44. The number of carbonyl (C=O) groups excluding carboxylic acids is 1. The van der Waals surface area contributed by atoms with Crippen molar-refractivity contribution in [1.82, 2.24) is 5.32 Å². The number of rotatable bonds is 4. The Morgan fingerprint density at radius 1 is 1.33 bits per heavy atom. The zero-order valence-corrected chi connectivity index (χ0v) is 12.7. The Hall–Kier alpha value is -1.64. The van der Waals surface area contributed by atoms with Gasteiger partial charge in [-0.15, -0.1) is 0 Å². The van der Waals surface area contributed by atoms with Crippen molar-refractivity contribution in [3.8, 4) is 0 Å². The topological polar surface area (TPSA) is 96.9 Å². The molecule has 21 heavy (non-hydrogen) atoms. The third kappa shape index (κ3) is 5.00. The minimum atomic E-state index is -1.06. The van der Waals surface area contributed by atoms with Gasteiger partial charge in [-0.25, -0.2) is 9.59 Å². The summed E-state index contributed by atoms with van der Waals surface area (Å²) in [5, 5.41) is 14.2. The number of ether oxygens (including phenoxy) is 2. The van der Waals surface area contributed by atoms with Crippen molar-refractivity contribution in [1.29, 1.82) is 0 Å². The van der Waals surface area contributed by atoms with Gasteiger partial charge in [-0.05, 0) is 18.2 Å². The molecule has 7 nitrogen and oxygen atoms in total. The molecule has 114 valence electrons. The molecule has 0 spiro atoms. The fourth-order valence-electron chi connectivity index (χ4n) is 1.82. The van der Waals surface area contributed by atoms with Crippen molar-refractivity contribution >= 4 is 33.6 Å². The van der Waals surface area contributed by atoms with Gasteiger partial charge in [-0.3, -0.25) is 0 Å². The molecule has 1 atom stereocenters. The molecule has 2 amide bonds. The first-order valence-corrected chi connectivity index (χ1v) is 7.12. The van der Waals surface area contributed by atoms with E-state index in [1.54, 1.807) is 6.07 Å². The predicted molar refractivity (Wildman–Crippen MR) is 78.7 cm³/mol. The van der Waals surface area contributed by atoms with Crippen molar-refractivity contribution in [2.75, 3.05) is 31.7 Å². The number of nitrogens with one attached hydrogen (secondary N) is 2. The lowest BCUT2D eigenvalue weighted by Gasteiger charge is -2.23. The first-order chi connectivity index (χ1) is 10.0. The molecule has 1 fully saturated rings. The molecule has 1 heterocycles. The molecular formula is C13H15BrN2O5. The van der Waals surface area contributed by atoms with Crippen molar-refractivity contribution in [2.24, 2.45) is 0 Å². The molecule has 1 unspecified atom stereocenters. The van der Waals surface area contributed by atoms with E-state index in [2.05, 4.69) is 26.6 Å². The maximum absolute atomic E-state index is 11.8. The zero-order chi connectivity index (χ0) is 15.2. The van der Waals surface area contributed by atoms with Crippen LogP contribution in [0.2, 0.25) is 0 Å². The van der Waals surface area contributed by atoms with Crippen LogP contribution < -0.4 is 10.6 Å².